The molecule has 5 heteroatoms. The molecule has 0 atom stereocenters. The quantitative estimate of drug-likeness (QED) is 0.804. The molecular weight excluding hydrogens is 190 g/mol. The third-order valence-corrected chi connectivity index (χ3v) is 2.37. The zero-order valence-electron chi connectivity index (χ0n) is 9.01. The lowest BCUT2D eigenvalue weighted by atomic mass is 10.2. The molecule has 0 fully saturated rings. The summed E-state index contributed by atoms with van der Waals surface area (Å²) in [5, 5.41) is 8.32. The predicted octanol–water partition coefficient (Wildman–Crippen LogP) is 0.750. The van der Waals surface area contributed by atoms with Gasteiger partial charge in [0.2, 0.25) is 0 Å². The normalized spacial score (nSPS) is 10.8. The summed E-state index contributed by atoms with van der Waals surface area (Å²) < 4.78 is 3.72. The molecule has 0 saturated carbocycles. The van der Waals surface area contributed by atoms with Gasteiger partial charge in [-0.1, -0.05) is 0 Å². The number of nitrogen functional groups attached to an aromatic ring is 1. The standard InChI is InChI=1S/C10H15N5/c1-8-5-10(11)13-15(8)4-3-9-6-12-14(2)7-9/h5-7H,3-4H2,1-2H3,(H2,11,13). The Labute approximate surface area is 88.5 Å². The van der Waals surface area contributed by atoms with Crippen LogP contribution in [-0.2, 0) is 20.0 Å². The van der Waals surface area contributed by atoms with Crippen LogP contribution in [0, 0.1) is 6.92 Å². The molecule has 0 saturated heterocycles. The Morgan fingerprint density at radius 2 is 2.27 bits per heavy atom. The third-order valence-electron chi connectivity index (χ3n) is 2.37. The van der Waals surface area contributed by atoms with E-state index in [0.717, 1.165) is 18.7 Å². The van der Waals surface area contributed by atoms with Crippen LogP contribution in [0.25, 0.3) is 0 Å². The first-order chi connectivity index (χ1) is 7.15. The number of hydrogen-bond acceptors (Lipinski definition) is 3. The molecule has 5 nitrogen and oxygen atoms in total. The molecule has 2 aromatic heterocycles. The lowest BCUT2D eigenvalue weighted by molar-refractivity contribution is 0.600. The van der Waals surface area contributed by atoms with Gasteiger partial charge in [-0.25, -0.2) is 0 Å². The highest BCUT2D eigenvalue weighted by Gasteiger charge is 2.02. The molecule has 0 bridgehead atoms. The van der Waals surface area contributed by atoms with Gasteiger partial charge in [0.1, 0.15) is 5.82 Å². The van der Waals surface area contributed by atoms with E-state index in [1.54, 1.807) is 4.68 Å². The van der Waals surface area contributed by atoms with Crippen LogP contribution in [0.3, 0.4) is 0 Å². The number of rotatable bonds is 3. The van der Waals surface area contributed by atoms with E-state index < -0.39 is 0 Å². The van der Waals surface area contributed by atoms with Gasteiger partial charge in [-0.15, -0.1) is 0 Å². The van der Waals surface area contributed by atoms with E-state index in [4.69, 9.17) is 5.73 Å². The molecule has 0 aliphatic rings. The average molecular weight is 205 g/mol. The maximum absolute atomic E-state index is 5.60. The molecule has 0 aromatic carbocycles. The number of nitrogens with zero attached hydrogens (tertiary/aromatic N) is 4. The fraction of sp³-hybridized carbons (Fsp3) is 0.400. The van der Waals surface area contributed by atoms with E-state index in [9.17, 15) is 0 Å². The number of aromatic nitrogens is 4. The van der Waals surface area contributed by atoms with Crippen molar-refractivity contribution in [2.24, 2.45) is 7.05 Å². The van der Waals surface area contributed by atoms with Gasteiger partial charge in [0.05, 0.1) is 6.20 Å². The van der Waals surface area contributed by atoms with Gasteiger partial charge in [0.15, 0.2) is 0 Å². The van der Waals surface area contributed by atoms with Crippen molar-refractivity contribution < 1.29 is 0 Å². The van der Waals surface area contributed by atoms with Gasteiger partial charge in [-0.3, -0.25) is 9.36 Å². The molecule has 0 aliphatic carbocycles. The van der Waals surface area contributed by atoms with Crippen LogP contribution in [0.2, 0.25) is 0 Å². The van der Waals surface area contributed by atoms with Crippen molar-refractivity contribution in [1.82, 2.24) is 19.6 Å². The molecule has 2 rings (SSSR count). The Morgan fingerprint density at radius 3 is 2.80 bits per heavy atom. The van der Waals surface area contributed by atoms with Crippen LogP contribution in [0.5, 0.6) is 0 Å². The molecule has 0 unspecified atom stereocenters. The minimum atomic E-state index is 0.582. The number of nitrogens with two attached hydrogens (primary N) is 1. The Balaban J connectivity index is 2.01. The van der Waals surface area contributed by atoms with E-state index in [1.807, 2.05) is 37.1 Å². The van der Waals surface area contributed by atoms with Crippen LogP contribution in [-0.4, -0.2) is 19.6 Å². The fourth-order valence-corrected chi connectivity index (χ4v) is 1.60. The topological polar surface area (TPSA) is 61.7 Å². The summed E-state index contributed by atoms with van der Waals surface area (Å²) in [4.78, 5) is 0. The number of anilines is 1. The van der Waals surface area contributed by atoms with Crippen LogP contribution >= 0.6 is 0 Å². The largest absolute Gasteiger partial charge is 0.382 e. The molecular formula is C10H15N5. The Bertz CT molecular complexity index is 454. The third kappa shape index (κ3) is 2.18. The molecule has 2 N–H and O–H groups in total. The second-order valence-corrected chi connectivity index (χ2v) is 3.71. The highest BCUT2D eigenvalue weighted by atomic mass is 15.3. The molecule has 0 radical (unpaired) electrons. The SMILES string of the molecule is Cc1cc(N)nn1CCc1cnn(C)c1. The van der Waals surface area contributed by atoms with Gasteiger partial charge < -0.3 is 5.73 Å². The monoisotopic (exact) mass is 205 g/mol. The van der Waals surface area contributed by atoms with E-state index in [1.165, 1.54) is 5.56 Å². The minimum Gasteiger partial charge on any atom is -0.382 e. The van der Waals surface area contributed by atoms with Crippen molar-refractivity contribution in [3.05, 3.63) is 29.7 Å². The summed E-state index contributed by atoms with van der Waals surface area (Å²) >= 11 is 0. The molecule has 0 spiro atoms. The van der Waals surface area contributed by atoms with Crippen LogP contribution in [0.4, 0.5) is 5.82 Å². The van der Waals surface area contributed by atoms with Crippen molar-refractivity contribution in [2.45, 2.75) is 19.9 Å². The van der Waals surface area contributed by atoms with Gasteiger partial charge >= 0.3 is 0 Å². The molecule has 0 amide bonds. The van der Waals surface area contributed by atoms with Crippen molar-refractivity contribution in [2.75, 3.05) is 5.73 Å². The van der Waals surface area contributed by atoms with Crippen molar-refractivity contribution >= 4 is 5.82 Å². The second-order valence-electron chi connectivity index (χ2n) is 3.71. The van der Waals surface area contributed by atoms with Crippen molar-refractivity contribution in [3.8, 4) is 0 Å². The van der Waals surface area contributed by atoms with Crippen LogP contribution < -0.4 is 5.73 Å². The summed E-state index contributed by atoms with van der Waals surface area (Å²) in [7, 11) is 1.92. The van der Waals surface area contributed by atoms with E-state index in [2.05, 4.69) is 10.2 Å². The van der Waals surface area contributed by atoms with Gasteiger partial charge in [0, 0.05) is 31.5 Å². The summed E-state index contributed by atoms with van der Waals surface area (Å²) in [5.41, 5.74) is 7.91. The lowest BCUT2D eigenvalue weighted by Gasteiger charge is -2.01. The van der Waals surface area contributed by atoms with E-state index >= 15 is 0 Å². The zero-order valence-corrected chi connectivity index (χ0v) is 9.01. The molecule has 0 aliphatic heterocycles. The maximum atomic E-state index is 5.60. The van der Waals surface area contributed by atoms with Crippen LogP contribution in [0.1, 0.15) is 11.3 Å². The highest BCUT2D eigenvalue weighted by molar-refractivity contribution is 5.28. The summed E-state index contributed by atoms with van der Waals surface area (Å²) in [5.74, 6) is 0.582. The Hall–Kier alpha value is -1.78. The molecule has 2 aromatic rings. The first-order valence-corrected chi connectivity index (χ1v) is 4.92. The molecule has 2 heterocycles. The van der Waals surface area contributed by atoms with Gasteiger partial charge in [-0.05, 0) is 18.9 Å². The summed E-state index contributed by atoms with van der Waals surface area (Å²) in [6, 6.07) is 1.88. The molecule has 15 heavy (non-hydrogen) atoms. The van der Waals surface area contributed by atoms with Crippen molar-refractivity contribution in [3.63, 3.8) is 0 Å². The first kappa shape index (κ1) is 9.76. The first-order valence-electron chi connectivity index (χ1n) is 4.92. The Morgan fingerprint density at radius 1 is 1.47 bits per heavy atom. The molecule has 80 valence electrons. The van der Waals surface area contributed by atoms with E-state index in [-0.39, 0.29) is 0 Å². The highest BCUT2D eigenvalue weighted by Crippen LogP contribution is 2.06. The average Bonchev–Trinajstić information content (AvgIpc) is 2.70. The minimum absolute atomic E-state index is 0.582. The number of hydrogen-bond donors (Lipinski definition) is 1. The smallest absolute Gasteiger partial charge is 0.145 e. The van der Waals surface area contributed by atoms with Gasteiger partial charge in [-0.2, -0.15) is 10.2 Å². The Kier molecular flexibility index (Phi) is 2.45. The summed E-state index contributed by atoms with van der Waals surface area (Å²) in [6.07, 6.45) is 4.82. The van der Waals surface area contributed by atoms with Gasteiger partial charge in [0.25, 0.3) is 0 Å². The van der Waals surface area contributed by atoms with Crippen LogP contribution in [0.15, 0.2) is 18.5 Å². The zero-order chi connectivity index (χ0) is 10.8. The van der Waals surface area contributed by atoms with E-state index in [0.29, 0.717) is 5.82 Å². The van der Waals surface area contributed by atoms with Crippen molar-refractivity contribution in [1.29, 1.82) is 0 Å². The predicted molar refractivity (Wildman–Crippen MR) is 58.3 cm³/mol. The maximum Gasteiger partial charge on any atom is 0.145 e. The fourth-order valence-electron chi connectivity index (χ4n) is 1.60. The number of aryl methyl sites for hydroxylation is 4. The lowest BCUT2D eigenvalue weighted by Crippen LogP contribution is -2.05. The summed E-state index contributed by atoms with van der Waals surface area (Å²) in [6.45, 7) is 2.85. The second kappa shape index (κ2) is 3.76.